The number of rotatable bonds is 4. The number of fused-ring (bicyclic) bond motifs is 2. The van der Waals surface area contributed by atoms with Crippen LogP contribution in [0.4, 0.5) is 0 Å². The normalized spacial score (nSPS) is 30.2. The number of allylic oxidation sites excluding steroid dienone is 2. The Morgan fingerprint density at radius 1 is 1.14 bits per heavy atom. The van der Waals surface area contributed by atoms with Gasteiger partial charge in [-0.05, 0) is 39.0 Å². The van der Waals surface area contributed by atoms with Gasteiger partial charge in [0.25, 0.3) is 0 Å². The van der Waals surface area contributed by atoms with Gasteiger partial charge in [-0.1, -0.05) is 12.2 Å². The maximum atomic E-state index is 12.2. The molecule has 2 rings (SSSR count). The molecule has 4 unspecified atom stereocenters. The van der Waals surface area contributed by atoms with Gasteiger partial charge in [0.05, 0.1) is 18.4 Å². The molecule has 0 heterocycles. The second-order valence-corrected chi connectivity index (χ2v) is 6.85. The van der Waals surface area contributed by atoms with Crippen LogP contribution >= 0.6 is 0 Å². The largest absolute Gasteiger partial charge is 0.481 e. The minimum atomic E-state index is -0.939. The third-order valence-electron chi connectivity index (χ3n) is 3.98. The van der Waals surface area contributed by atoms with E-state index in [9.17, 15) is 19.5 Å². The second-order valence-electron chi connectivity index (χ2n) is 6.85. The Hall–Kier alpha value is -1.85. The van der Waals surface area contributed by atoms with Crippen LogP contribution in [0.3, 0.4) is 0 Å². The molecular weight excluding hydrogens is 272 g/mol. The fraction of sp³-hybridized carbons (Fsp3) is 0.667. The fourth-order valence-corrected chi connectivity index (χ4v) is 3.26. The molecule has 3 N–H and O–H groups in total. The molecule has 0 aromatic carbocycles. The molecule has 6 nitrogen and oxygen atoms in total. The summed E-state index contributed by atoms with van der Waals surface area (Å²) in [5.74, 6) is -2.89. The molecule has 6 heteroatoms. The van der Waals surface area contributed by atoms with Crippen molar-refractivity contribution in [3.63, 3.8) is 0 Å². The van der Waals surface area contributed by atoms with Crippen molar-refractivity contribution < 1.29 is 19.5 Å². The summed E-state index contributed by atoms with van der Waals surface area (Å²) in [6, 6.07) is 0. The SMILES string of the molecule is CC(C)(C)NC(=O)CNC(=O)C1C2C=CC(C2)C1C(=O)O. The quantitative estimate of drug-likeness (QED) is 0.659. The van der Waals surface area contributed by atoms with Crippen LogP contribution < -0.4 is 10.6 Å². The van der Waals surface area contributed by atoms with E-state index in [1.807, 2.05) is 32.9 Å². The first-order valence-electron chi connectivity index (χ1n) is 7.19. The molecule has 21 heavy (non-hydrogen) atoms. The Kier molecular flexibility index (Phi) is 4.07. The lowest BCUT2D eigenvalue weighted by Crippen LogP contribution is -2.48. The summed E-state index contributed by atoms with van der Waals surface area (Å²) < 4.78 is 0. The predicted octanol–water partition coefficient (Wildman–Crippen LogP) is 0.540. The van der Waals surface area contributed by atoms with Crippen LogP contribution in [0.15, 0.2) is 12.2 Å². The van der Waals surface area contributed by atoms with Crippen LogP contribution in [-0.2, 0) is 14.4 Å². The van der Waals surface area contributed by atoms with Crippen molar-refractivity contribution in [2.24, 2.45) is 23.7 Å². The van der Waals surface area contributed by atoms with Crippen molar-refractivity contribution in [1.29, 1.82) is 0 Å². The Morgan fingerprint density at radius 2 is 1.71 bits per heavy atom. The van der Waals surface area contributed by atoms with Crippen LogP contribution in [0.5, 0.6) is 0 Å². The summed E-state index contributed by atoms with van der Waals surface area (Å²) in [7, 11) is 0. The molecule has 0 aromatic heterocycles. The Balaban J connectivity index is 1.93. The van der Waals surface area contributed by atoms with E-state index in [2.05, 4.69) is 10.6 Å². The van der Waals surface area contributed by atoms with Gasteiger partial charge in [-0.15, -0.1) is 0 Å². The van der Waals surface area contributed by atoms with Gasteiger partial charge in [0, 0.05) is 5.54 Å². The first-order chi connectivity index (χ1) is 9.69. The molecule has 0 spiro atoms. The lowest BCUT2D eigenvalue weighted by molar-refractivity contribution is -0.147. The Labute approximate surface area is 124 Å². The molecule has 4 atom stereocenters. The van der Waals surface area contributed by atoms with E-state index in [0.29, 0.717) is 6.42 Å². The van der Waals surface area contributed by atoms with E-state index in [1.54, 1.807) is 0 Å². The van der Waals surface area contributed by atoms with Crippen molar-refractivity contribution >= 4 is 17.8 Å². The number of carboxylic acid groups (broad SMARTS) is 1. The molecule has 0 aromatic rings. The van der Waals surface area contributed by atoms with E-state index in [-0.39, 0.29) is 35.7 Å². The highest BCUT2D eigenvalue weighted by Gasteiger charge is 2.51. The highest BCUT2D eigenvalue weighted by atomic mass is 16.4. The molecule has 2 bridgehead atoms. The monoisotopic (exact) mass is 294 g/mol. The third kappa shape index (κ3) is 3.43. The summed E-state index contributed by atoms with van der Waals surface area (Å²) in [4.78, 5) is 35.3. The molecule has 1 saturated carbocycles. The average molecular weight is 294 g/mol. The summed E-state index contributed by atoms with van der Waals surface area (Å²) >= 11 is 0. The zero-order chi connectivity index (χ0) is 15.8. The maximum Gasteiger partial charge on any atom is 0.307 e. The number of nitrogens with one attached hydrogen (secondary N) is 2. The van der Waals surface area contributed by atoms with Gasteiger partial charge in [0.1, 0.15) is 0 Å². The average Bonchev–Trinajstić information content (AvgIpc) is 2.93. The maximum absolute atomic E-state index is 12.2. The predicted molar refractivity (Wildman–Crippen MR) is 76.3 cm³/mol. The Morgan fingerprint density at radius 3 is 2.24 bits per heavy atom. The minimum absolute atomic E-state index is 0.0261. The standard InChI is InChI=1S/C15H22N2O4/c1-15(2,3)17-10(18)7-16-13(19)11-8-4-5-9(6-8)12(11)14(20)21/h4-5,8-9,11-12H,6-7H2,1-3H3,(H,16,19)(H,17,18)(H,20,21). The van der Waals surface area contributed by atoms with Crippen LogP contribution in [0.25, 0.3) is 0 Å². The zero-order valence-electron chi connectivity index (χ0n) is 12.6. The van der Waals surface area contributed by atoms with Crippen LogP contribution in [0, 0.1) is 23.7 Å². The first kappa shape index (κ1) is 15.5. The molecule has 2 aliphatic carbocycles. The van der Waals surface area contributed by atoms with Crippen molar-refractivity contribution in [3.05, 3.63) is 12.2 Å². The minimum Gasteiger partial charge on any atom is -0.481 e. The highest BCUT2D eigenvalue weighted by Crippen LogP contribution is 2.48. The van der Waals surface area contributed by atoms with Gasteiger partial charge in [0.15, 0.2) is 0 Å². The van der Waals surface area contributed by atoms with E-state index < -0.39 is 17.8 Å². The molecule has 116 valence electrons. The lowest BCUT2D eigenvalue weighted by atomic mass is 9.82. The lowest BCUT2D eigenvalue weighted by Gasteiger charge is -2.24. The number of carboxylic acids is 1. The number of aliphatic carboxylic acids is 1. The van der Waals surface area contributed by atoms with Crippen LogP contribution in [0.2, 0.25) is 0 Å². The van der Waals surface area contributed by atoms with Gasteiger partial charge in [-0.3, -0.25) is 14.4 Å². The van der Waals surface area contributed by atoms with Crippen molar-refractivity contribution in [3.8, 4) is 0 Å². The van der Waals surface area contributed by atoms with Crippen molar-refractivity contribution in [2.75, 3.05) is 6.54 Å². The number of hydrogen-bond donors (Lipinski definition) is 3. The zero-order valence-corrected chi connectivity index (χ0v) is 12.6. The summed E-state index contributed by atoms with van der Waals surface area (Å²) in [6.07, 6.45) is 4.52. The first-order valence-corrected chi connectivity index (χ1v) is 7.19. The number of carbonyl (C=O) groups is 3. The summed E-state index contributed by atoms with van der Waals surface area (Å²) in [5.41, 5.74) is -0.361. The Bertz CT molecular complexity index is 492. The molecule has 2 aliphatic rings. The fourth-order valence-electron chi connectivity index (χ4n) is 3.26. The van der Waals surface area contributed by atoms with E-state index in [1.165, 1.54) is 0 Å². The van der Waals surface area contributed by atoms with Crippen molar-refractivity contribution in [1.82, 2.24) is 10.6 Å². The van der Waals surface area contributed by atoms with Gasteiger partial charge in [0.2, 0.25) is 11.8 Å². The number of amides is 2. The molecule has 0 radical (unpaired) electrons. The van der Waals surface area contributed by atoms with Crippen molar-refractivity contribution in [2.45, 2.75) is 32.7 Å². The van der Waals surface area contributed by atoms with E-state index in [0.717, 1.165) is 0 Å². The van der Waals surface area contributed by atoms with Crippen LogP contribution in [0.1, 0.15) is 27.2 Å². The summed E-state index contributed by atoms with van der Waals surface area (Å²) in [5, 5.41) is 14.6. The smallest absolute Gasteiger partial charge is 0.307 e. The van der Waals surface area contributed by atoms with E-state index >= 15 is 0 Å². The van der Waals surface area contributed by atoms with E-state index in [4.69, 9.17) is 0 Å². The number of hydrogen-bond acceptors (Lipinski definition) is 3. The molecule has 2 amide bonds. The third-order valence-corrected chi connectivity index (χ3v) is 3.98. The molecule has 0 aliphatic heterocycles. The van der Waals surface area contributed by atoms with Gasteiger partial charge in [-0.2, -0.15) is 0 Å². The van der Waals surface area contributed by atoms with Gasteiger partial charge >= 0.3 is 5.97 Å². The highest BCUT2D eigenvalue weighted by molar-refractivity contribution is 5.90. The molecular formula is C15H22N2O4. The van der Waals surface area contributed by atoms with Gasteiger partial charge < -0.3 is 15.7 Å². The van der Waals surface area contributed by atoms with Gasteiger partial charge in [-0.25, -0.2) is 0 Å². The molecule has 0 saturated heterocycles. The second kappa shape index (κ2) is 5.50. The topological polar surface area (TPSA) is 95.5 Å². The summed E-state index contributed by atoms with van der Waals surface area (Å²) in [6.45, 7) is 5.44. The van der Waals surface area contributed by atoms with Crippen LogP contribution in [-0.4, -0.2) is 35.0 Å². The molecule has 1 fully saturated rings. The number of carbonyl (C=O) groups excluding carboxylic acids is 2.